The molecule has 1 amide bonds. The van der Waals surface area contributed by atoms with Gasteiger partial charge in [0.2, 0.25) is 0 Å². The molecule has 0 aliphatic carbocycles. The molecule has 0 aliphatic rings. The van der Waals surface area contributed by atoms with Gasteiger partial charge in [0.1, 0.15) is 5.75 Å². The second kappa shape index (κ2) is 7.32. The minimum atomic E-state index is -0.555. The highest BCUT2D eigenvalue weighted by atomic mass is 35.5. The van der Waals surface area contributed by atoms with Gasteiger partial charge >= 0.3 is 0 Å². The Morgan fingerprint density at radius 2 is 1.95 bits per heavy atom. The zero-order chi connectivity index (χ0) is 16.1. The highest BCUT2D eigenvalue weighted by Crippen LogP contribution is 2.20. The molecule has 2 rings (SSSR count). The molecule has 1 N–H and O–H groups in total. The first-order valence-corrected chi connectivity index (χ1v) is 7.67. The Morgan fingerprint density at radius 3 is 2.59 bits per heavy atom. The van der Waals surface area contributed by atoms with E-state index < -0.39 is 6.10 Å². The molecule has 0 aromatic heterocycles. The quantitative estimate of drug-likeness (QED) is 0.864. The number of hydrogen-bond donors (Lipinski definition) is 1. The van der Waals surface area contributed by atoms with Crippen molar-refractivity contribution in [3.8, 4) is 5.75 Å². The molecule has 0 saturated carbocycles. The lowest BCUT2D eigenvalue weighted by Crippen LogP contribution is -2.32. The van der Waals surface area contributed by atoms with Gasteiger partial charge in [-0.15, -0.1) is 0 Å². The van der Waals surface area contributed by atoms with Crippen molar-refractivity contribution in [2.75, 3.05) is 5.32 Å². The maximum atomic E-state index is 12.4. The van der Waals surface area contributed by atoms with Crippen molar-refractivity contribution >= 4 is 23.2 Å². The summed E-state index contributed by atoms with van der Waals surface area (Å²) in [4.78, 5) is 12.4. The van der Waals surface area contributed by atoms with Crippen molar-refractivity contribution in [1.82, 2.24) is 0 Å². The lowest BCUT2D eigenvalue weighted by Gasteiger charge is -2.18. The van der Waals surface area contributed by atoms with E-state index in [0.29, 0.717) is 17.2 Å². The number of carbonyl (C=O) groups is 1. The summed E-state index contributed by atoms with van der Waals surface area (Å²) < 4.78 is 5.74. The topological polar surface area (TPSA) is 38.3 Å². The number of ether oxygens (including phenoxy) is 1. The van der Waals surface area contributed by atoms with Crippen molar-refractivity contribution in [2.24, 2.45) is 0 Å². The first-order chi connectivity index (χ1) is 10.5. The molecule has 0 bridgehead atoms. The molecule has 3 nitrogen and oxygen atoms in total. The fourth-order valence-electron chi connectivity index (χ4n) is 2.07. The molecular formula is C18H20ClNO2. The number of nitrogens with one attached hydrogen (secondary N) is 1. The second-order valence-corrected chi connectivity index (χ2v) is 5.70. The van der Waals surface area contributed by atoms with Gasteiger partial charge in [0.15, 0.2) is 6.10 Å². The number of halogens is 1. The zero-order valence-corrected chi connectivity index (χ0v) is 13.8. The van der Waals surface area contributed by atoms with Gasteiger partial charge in [-0.3, -0.25) is 4.79 Å². The van der Waals surface area contributed by atoms with Crippen LogP contribution in [0.25, 0.3) is 0 Å². The van der Waals surface area contributed by atoms with E-state index in [9.17, 15) is 4.79 Å². The number of benzene rings is 2. The molecule has 22 heavy (non-hydrogen) atoms. The van der Waals surface area contributed by atoms with Crippen LogP contribution < -0.4 is 10.1 Å². The molecule has 2 aromatic rings. The SMILES string of the molecule is CCC(Oc1cccc(Cl)c1)C(=O)Nc1ccc(C)c(C)c1. The number of aryl methyl sites for hydroxylation is 2. The minimum Gasteiger partial charge on any atom is -0.481 e. The van der Waals surface area contributed by atoms with E-state index in [-0.39, 0.29) is 5.91 Å². The van der Waals surface area contributed by atoms with Crippen LogP contribution in [-0.4, -0.2) is 12.0 Å². The maximum absolute atomic E-state index is 12.4. The van der Waals surface area contributed by atoms with Gasteiger partial charge in [0.25, 0.3) is 5.91 Å². The van der Waals surface area contributed by atoms with E-state index in [2.05, 4.69) is 5.32 Å². The lowest BCUT2D eigenvalue weighted by molar-refractivity contribution is -0.122. The average molecular weight is 318 g/mol. The predicted octanol–water partition coefficient (Wildman–Crippen LogP) is 4.75. The molecule has 0 spiro atoms. The van der Waals surface area contributed by atoms with E-state index in [0.717, 1.165) is 11.3 Å². The first kappa shape index (κ1) is 16.4. The van der Waals surface area contributed by atoms with Crippen molar-refractivity contribution in [1.29, 1.82) is 0 Å². The molecule has 0 radical (unpaired) electrons. The molecule has 1 unspecified atom stereocenters. The number of rotatable bonds is 5. The average Bonchev–Trinajstić information content (AvgIpc) is 2.48. The standard InChI is InChI=1S/C18H20ClNO2/c1-4-17(22-16-7-5-6-14(19)11-16)18(21)20-15-9-8-12(2)13(3)10-15/h5-11,17H,4H2,1-3H3,(H,20,21). The summed E-state index contributed by atoms with van der Waals surface area (Å²) in [6.07, 6.45) is 0.0171. The van der Waals surface area contributed by atoms with Crippen LogP contribution in [0.3, 0.4) is 0 Å². The van der Waals surface area contributed by atoms with Crippen LogP contribution in [0.4, 0.5) is 5.69 Å². The fourth-order valence-corrected chi connectivity index (χ4v) is 2.25. The molecule has 2 aromatic carbocycles. The Balaban J connectivity index is 2.06. The number of amides is 1. The Labute approximate surface area is 136 Å². The van der Waals surface area contributed by atoms with E-state index in [4.69, 9.17) is 16.3 Å². The monoisotopic (exact) mass is 317 g/mol. The highest BCUT2D eigenvalue weighted by molar-refractivity contribution is 6.30. The predicted molar refractivity (Wildman–Crippen MR) is 90.7 cm³/mol. The van der Waals surface area contributed by atoms with Crippen LogP contribution in [0.1, 0.15) is 24.5 Å². The summed E-state index contributed by atoms with van der Waals surface area (Å²) in [5.74, 6) is 0.431. The highest BCUT2D eigenvalue weighted by Gasteiger charge is 2.18. The number of carbonyl (C=O) groups excluding carboxylic acids is 1. The van der Waals surface area contributed by atoms with Crippen molar-refractivity contribution in [3.63, 3.8) is 0 Å². The normalized spacial score (nSPS) is 11.8. The van der Waals surface area contributed by atoms with Crippen molar-refractivity contribution in [2.45, 2.75) is 33.3 Å². The first-order valence-electron chi connectivity index (χ1n) is 7.30. The van der Waals surface area contributed by atoms with E-state index >= 15 is 0 Å². The zero-order valence-electron chi connectivity index (χ0n) is 13.0. The molecule has 116 valence electrons. The van der Waals surface area contributed by atoms with Crippen molar-refractivity contribution in [3.05, 3.63) is 58.6 Å². The largest absolute Gasteiger partial charge is 0.481 e. The maximum Gasteiger partial charge on any atom is 0.265 e. The summed E-state index contributed by atoms with van der Waals surface area (Å²) in [5, 5.41) is 3.48. The van der Waals surface area contributed by atoms with Crippen LogP contribution >= 0.6 is 11.6 Å². The number of hydrogen-bond acceptors (Lipinski definition) is 2. The van der Waals surface area contributed by atoms with Gasteiger partial charge in [-0.05, 0) is 61.7 Å². The van der Waals surface area contributed by atoms with Gasteiger partial charge in [-0.25, -0.2) is 0 Å². The molecule has 1 atom stereocenters. The summed E-state index contributed by atoms with van der Waals surface area (Å²) >= 11 is 5.93. The molecule has 4 heteroatoms. The molecule has 0 heterocycles. The molecule has 0 fully saturated rings. The molecule has 0 saturated heterocycles. The summed E-state index contributed by atoms with van der Waals surface area (Å²) in [7, 11) is 0. The Bertz CT molecular complexity index is 670. The van der Waals surface area contributed by atoms with E-state index in [1.807, 2.05) is 39.0 Å². The minimum absolute atomic E-state index is 0.161. The third kappa shape index (κ3) is 4.25. The van der Waals surface area contributed by atoms with Gasteiger partial charge in [0, 0.05) is 10.7 Å². The third-order valence-electron chi connectivity index (χ3n) is 3.51. The molecule has 0 aliphatic heterocycles. The summed E-state index contributed by atoms with van der Waals surface area (Å²) in [6, 6.07) is 12.9. The van der Waals surface area contributed by atoms with Crippen LogP contribution in [0, 0.1) is 13.8 Å². The third-order valence-corrected chi connectivity index (χ3v) is 3.75. The Hall–Kier alpha value is -2.00. The van der Waals surface area contributed by atoms with Crippen LogP contribution in [0.5, 0.6) is 5.75 Å². The van der Waals surface area contributed by atoms with Gasteiger partial charge in [-0.2, -0.15) is 0 Å². The lowest BCUT2D eigenvalue weighted by atomic mass is 10.1. The van der Waals surface area contributed by atoms with Crippen LogP contribution in [0.15, 0.2) is 42.5 Å². The summed E-state index contributed by atoms with van der Waals surface area (Å²) in [5.41, 5.74) is 3.11. The van der Waals surface area contributed by atoms with E-state index in [1.165, 1.54) is 5.56 Å². The van der Waals surface area contributed by atoms with Crippen LogP contribution in [-0.2, 0) is 4.79 Å². The Morgan fingerprint density at radius 1 is 1.18 bits per heavy atom. The van der Waals surface area contributed by atoms with Crippen molar-refractivity contribution < 1.29 is 9.53 Å². The second-order valence-electron chi connectivity index (χ2n) is 5.26. The number of anilines is 1. The molecular weight excluding hydrogens is 298 g/mol. The van der Waals surface area contributed by atoms with Crippen LogP contribution in [0.2, 0.25) is 5.02 Å². The fraction of sp³-hybridized carbons (Fsp3) is 0.278. The Kier molecular flexibility index (Phi) is 5.45. The van der Waals surface area contributed by atoms with Gasteiger partial charge in [0.05, 0.1) is 0 Å². The van der Waals surface area contributed by atoms with E-state index in [1.54, 1.807) is 24.3 Å². The van der Waals surface area contributed by atoms with Gasteiger partial charge < -0.3 is 10.1 Å². The summed E-state index contributed by atoms with van der Waals surface area (Å²) in [6.45, 7) is 5.97. The smallest absolute Gasteiger partial charge is 0.265 e. The van der Waals surface area contributed by atoms with Gasteiger partial charge in [-0.1, -0.05) is 30.7 Å².